The summed E-state index contributed by atoms with van der Waals surface area (Å²) < 4.78 is 5.92. The molecular formula is C16H29NO. The van der Waals surface area contributed by atoms with Gasteiger partial charge in [0.25, 0.3) is 0 Å². The zero-order valence-corrected chi connectivity index (χ0v) is 12.1. The smallest absolute Gasteiger partial charge is 0.0616 e. The first-order chi connectivity index (χ1) is 8.73. The van der Waals surface area contributed by atoms with Crippen molar-refractivity contribution in [3.05, 3.63) is 0 Å². The van der Waals surface area contributed by atoms with E-state index in [2.05, 4.69) is 19.2 Å². The van der Waals surface area contributed by atoms with Crippen molar-refractivity contribution in [2.24, 2.45) is 23.2 Å². The van der Waals surface area contributed by atoms with Crippen LogP contribution in [0, 0.1) is 23.2 Å². The van der Waals surface area contributed by atoms with E-state index < -0.39 is 0 Å². The quantitative estimate of drug-likeness (QED) is 0.810. The summed E-state index contributed by atoms with van der Waals surface area (Å²) in [6.07, 6.45) is 9.24. The molecule has 0 aromatic heterocycles. The largest absolute Gasteiger partial charge is 0.378 e. The highest BCUT2D eigenvalue weighted by molar-refractivity contribution is 4.98. The van der Waals surface area contributed by atoms with Crippen LogP contribution in [0.2, 0.25) is 0 Å². The molecule has 1 N–H and O–H groups in total. The Hall–Kier alpha value is -0.0800. The van der Waals surface area contributed by atoms with E-state index in [0.717, 1.165) is 30.9 Å². The van der Waals surface area contributed by atoms with Gasteiger partial charge in [-0.15, -0.1) is 0 Å². The van der Waals surface area contributed by atoms with Gasteiger partial charge in [-0.2, -0.15) is 0 Å². The Morgan fingerprint density at radius 3 is 2.72 bits per heavy atom. The lowest BCUT2D eigenvalue weighted by Crippen LogP contribution is -2.41. The second kappa shape index (κ2) is 5.13. The molecule has 18 heavy (non-hydrogen) atoms. The van der Waals surface area contributed by atoms with Crippen molar-refractivity contribution in [3.8, 4) is 0 Å². The number of ether oxygens (including phenoxy) is 1. The topological polar surface area (TPSA) is 21.3 Å². The summed E-state index contributed by atoms with van der Waals surface area (Å²) >= 11 is 0. The van der Waals surface area contributed by atoms with Gasteiger partial charge in [0.1, 0.15) is 0 Å². The van der Waals surface area contributed by atoms with Crippen molar-refractivity contribution < 1.29 is 4.74 Å². The number of nitrogens with one attached hydrogen (secondary N) is 1. The number of fused-ring (bicyclic) bond motifs is 2. The minimum atomic E-state index is 0.436. The minimum absolute atomic E-state index is 0.436. The molecule has 3 fully saturated rings. The van der Waals surface area contributed by atoms with Crippen molar-refractivity contribution in [3.63, 3.8) is 0 Å². The van der Waals surface area contributed by atoms with Crippen LogP contribution >= 0.6 is 0 Å². The Kier molecular flexibility index (Phi) is 3.68. The first-order valence-corrected chi connectivity index (χ1v) is 8.06. The summed E-state index contributed by atoms with van der Waals surface area (Å²) in [5.74, 6) is 3.14. The van der Waals surface area contributed by atoms with Gasteiger partial charge in [-0.05, 0) is 63.3 Å². The van der Waals surface area contributed by atoms with Gasteiger partial charge in [-0.1, -0.05) is 13.3 Å². The van der Waals surface area contributed by atoms with Crippen LogP contribution in [0.25, 0.3) is 0 Å². The molecule has 5 unspecified atom stereocenters. The van der Waals surface area contributed by atoms with Gasteiger partial charge >= 0.3 is 0 Å². The van der Waals surface area contributed by atoms with E-state index in [4.69, 9.17) is 4.74 Å². The highest BCUT2D eigenvalue weighted by Gasteiger charge is 2.47. The molecule has 1 saturated heterocycles. The van der Waals surface area contributed by atoms with Crippen LogP contribution < -0.4 is 5.32 Å². The molecular weight excluding hydrogens is 222 g/mol. The van der Waals surface area contributed by atoms with Crippen LogP contribution in [0.15, 0.2) is 0 Å². The molecule has 1 aliphatic heterocycles. The summed E-state index contributed by atoms with van der Waals surface area (Å²) in [7, 11) is 0. The van der Waals surface area contributed by atoms with Gasteiger partial charge in [0, 0.05) is 18.6 Å². The van der Waals surface area contributed by atoms with E-state index in [-0.39, 0.29) is 0 Å². The minimum Gasteiger partial charge on any atom is -0.378 e. The third-order valence-electron chi connectivity index (χ3n) is 6.11. The second-order valence-corrected chi connectivity index (χ2v) is 7.04. The van der Waals surface area contributed by atoms with Crippen LogP contribution in [-0.4, -0.2) is 25.8 Å². The molecule has 2 nitrogen and oxygen atoms in total. The standard InChI is InChI=1S/C16H29NO/c1-3-17-11-16(6-7-18-12(16)2)10-15-9-13-4-5-14(15)8-13/h12-15,17H,3-11H2,1-2H3. The predicted molar refractivity (Wildman–Crippen MR) is 74.6 cm³/mol. The molecule has 0 spiro atoms. The summed E-state index contributed by atoms with van der Waals surface area (Å²) in [6, 6.07) is 0. The molecule has 1 heterocycles. The van der Waals surface area contributed by atoms with Crippen molar-refractivity contribution in [2.45, 2.75) is 58.5 Å². The van der Waals surface area contributed by atoms with E-state index in [9.17, 15) is 0 Å². The van der Waals surface area contributed by atoms with Crippen LogP contribution in [-0.2, 0) is 4.74 Å². The Bertz CT molecular complexity index is 293. The molecule has 0 aromatic carbocycles. The Morgan fingerprint density at radius 1 is 1.28 bits per heavy atom. The highest BCUT2D eigenvalue weighted by atomic mass is 16.5. The average molecular weight is 251 g/mol. The molecule has 5 atom stereocenters. The van der Waals surface area contributed by atoms with Gasteiger partial charge in [-0.25, -0.2) is 0 Å². The third-order valence-corrected chi connectivity index (χ3v) is 6.11. The number of hydrogen-bond acceptors (Lipinski definition) is 2. The maximum atomic E-state index is 5.92. The Balaban J connectivity index is 1.66. The van der Waals surface area contributed by atoms with Gasteiger partial charge in [-0.3, -0.25) is 0 Å². The average Bonchev–Trinajstić information content (AvgIpc) is 3.04. The van der Waals surface area contributed by atoms with E-state index >= 15 is 0 Å². The molecule has 104 valence electrons. The van der Waals surface area contributed by atoms with Gasteiger partial charge in [0.05, 0.1) is 6.10 Å². The highest BCUT2D eigenvalue weighted by Crippen LogP contribution is 2.53. The van der Waals surface area contributed by atoms with Crippen LogP contribution in [0.5, 0.6) is 0 Å². The van der Waals surface area contributed by atoms with Gasteiger partial charge < -0.3 is 10.1 Å². The molecule has 2 saturated carbocycles. The van der Waals surface area contributed by atoms with Crippen LogP contribution in [0.1, 0.15) is 52.4 Å². The first-order valence-electron chi connectivity index (χ1n) is 8.06. The fourth-order valence-electron chi connectivity index (χ4n) is 4.91. The van der Waals surface area contributed by atoms with Crippen molar-refractivity contribution >= 4 is 0 Å². The lowest BCUT2D eigenvalue weighted by Gasteiger charge is -2.37. The fourth-order valence-corrected chi connectivity index (χ4v) is 4.91. The Labute approximate surface area is 112 Å². The van der Waals surface area contributed by atoms with Gasteiger partial charge in [0.15, 0.2) is 0 Å². The van der Waals surface area contributed by atoms with Crippen LogP contribution in [0.3, 0.4) is 0 Å². The molecule has 2 bridgehead atoms. The second-order valence-electron chi connectivity index (χ2n) is 7.04. The van der Waals surface area contributed by atoms with E-state index in [0.29, 0.717) is 11.5 Å². The van der Waals surface area contributed by atoms with E-state index in [1.807, 2.05) is 0 Å². The molecule has 3 rings (SSSR count). The summed E-state index contributed by atoms with van der Waals surface area (Å²) in [5, 5.41) is 3.60. The summed E-state index contributed by atoms with van der Waals surface area (Å²) in [6.45, 7) is 7.75. The predicted octanol–water partition coefficient (Wildman–Crippen LogP) is 3.22. The van der Waals surface area contributed by atoms with Gasteiger partial charge in [0.2, 0.25) is 0 Å². The first kappa shape index (κ1) is 12.9. The third kappa shape index (κ3) is 2.22. The zero-order valence-electron chi connectivity index (χ0n) is 12.1. The lowest BCUT2D eigenvalue weighted by atomic mass is 9.70. The molecule has 0 amide bonds. The van der Waals surface area contributed by atoms with Crippen molar-refractivity contribution in [1.29, 1.82) is 0 Å². The number of rotatable bonds is 5. The maximum absolute atomic E-state index is 5.92. The molecule has 0 aromatic rings. The normalized spacial score (nSPS) is 47.0. The fraction of sp³-hybridized carbons (Fsp3) is 1.00. The SMILES string of the molecule is CCNCC1(CC2CC3CCC2C3)CCOC1C. The maximum Gasteiger partial charge on any atom is 0.0616 e. The molecule has 2 aliphatic carbocycles. The Morgan fingerprint density at radius 2 is 2.17 bits per heavy atom. The molecule has 3 aliphatic rings. The molecule has 2 heteroatoms. The van der Waals surface area contributed by atoms with E-state index in [1.165, 1.54) is 45.1 Å². The lowest BCUT2D eigenvalue weighted by molar-refractivity contribution is 0.0431. The number of hydrogen-bond donors (Lipinski definition) is 1. The monoisotopic (exact) mass is 251 g/mol. The molecule has 0 radical (unpaired) electrons. The van der Waals surface area contributed by atoms with Crippen LogP contribution in [0.4, 0.5) is 0 Å². The summed E-state index contributed by atoms with van der Waals surface area (Å²) in [5.41, 5.74) is 0.436. The van der Waals surface area contributed by atoms with Crippen molar-refractivity contribution in [1.82, 2.24) is 5.32 Å². The zero-order chi connectivity index (χ0) is 12.6. The van der Waals surface area contributed by atoms with Crippen molar-refractivity contribution in [2.75, 3.05) is 19.7 Å². The summed E-state index contributed by atoms with van der Waals surface area (Å²) in [4.78, 5) is 0. The van der Waals surface area contributed by atoms with E-state index in [1.54, 1.807) is 0 Å².